The predicted molar refractivity (Wildman–Crippen MR) is 60.8 cm³/mol. The van der Waals surface area contributed by atoms with Crippen LogP contribution in [0.2, 0.25) is 5.02 Å². The number of carbonyl (C=O) groups excluding carboxylic acids is 2. The van der Waals surface area contributed by atoms with E-state index >= 15 is 0 Å². The summed E-state index contributed by atoms with van der Waals surface area (Å²) in [7, 11) is 1.29. The number of hydrogen-bond acceptors (Lipinski definition) is 4. The first-order chi connectivity index (χ1) is 7.95. The molecule has 2 amide bonds. The molecule has 0 aliphatic rings. The van der Waals surface area contributed by atoms with Crippen LogP contribution in [0, 0.1) is 10.1 Å². The Bertz CT molecular complexity index is 489. The minimum atomic E-state index is -0.949. The van der Waals surface area contributed by atoms with E-state index in [1.807, 2.05) is 0 Å². The summed E-state index contributed by atoms with van der Waals surface area (Å²) in [6.07, 6.45) is 0. The highest BCUT2D eigenvalue weighted by Gasteiger charge is 2.15. The zero-order valence-corrected chi connectivity index (χ0v) is 9.45. The molecular weight excluding hydrogens is 250 g/mol. The van der Waals surface area contributed by atoms with Gasteiger partial charge < -0.3 is 10.6 Å². The lowest BCUT2D eigenvalue weighted by Gasteiger charge is -2.05. The van der Waals surface area contributed by atoms with Gasteiger partial charge >= 0.3 is 11.8 Å². The van der Waals surface area contributed by atoms with E-state index in [1.54, 1.807) is 0 Å². The Hall–Kier alpha value is -2.15. The molecule has 1 rings (SSSR count). The van der Waals surface area contributed by atoms with Crippen LogP contribution in [0.15, 0.2) is 18.2 Å². The molecule has 0 aliphatic carbocycles. The van der Waals surface area contributed by atoms with Crippen LogP contribution in [-0.2, 0) is 9.59 Å². The zero-order valence-electron chi connectivity index (χ0n) is 8.69. The van der Waals surface area contributed by atoms with Gasteiger partial charge in [0, 0.05) is 19.2 Å². The lowest BCUT2D eigenvalue weighted by Crippen LogP contribution is -2.32. The lowest BCUT2D eigenvalue weighted by atomic mass is 10.2. The van der Waals surface area contributed by atoms with Crippen LogP contribution in [0.25, 0.3) is 0 Å². The number of nitro benzene ring substituents is 1. The van der Waals surface area contributed by atoms with E-state index in [4.69, 9.17) is 11.6 Å². The van der Waals surface area contributed by atoms with E-state index in [0.29, 0.717) is 0 Å². The Kier molecular flexibility index (Phi) is 4.00. The number of anilines is 1. The molecule has 0 unspecified atom stereocenters. The first-order valence-electron chi connectivity index (χ1n) is 4.42. The van der Waals surface area contributed by atoms with Gasteiger partial charge in [-0.25, -0.2) is 0 Å². The number of halogens is 1. The van der Waals surface area contributed by atoms with Gasteiger partial charge in [0.1, 0.15) is 0 Å². The maximum atomic E-state index is 11.2. The van der Waals surface area contributed by atoms with Crippen LogP contribution in [0.4, 0.5) is 11.4 Å². The lowest BCUT2D eigenvalue weighted by molar-refractivity contribution is -0.384. The third kappa shape index (κ3) is 3.15. The first-order valence-corrected chi connectivity index (χ1v) is 4.80. The van der Waals surface area contributed by atoms with Crippen molar-refractivity contribution in [2.24, 2.45) is 0 Å². The SMILES string of the molecule is CNC(=O)C(=O)Nc1cc([N+](=O)[O-])ccc1Cl. The Morgan fingerprint density at radius 1 is 1.35 bits per heavy atom. The van der Waals surface area contributed by atoms with Crippen molar-refractivity contribution < 1.29 is 14.5 Å². The third-order valence-electron chi connectivity index (χ3n) is 1.84. The van der Waals surface area contributed by atoms with Crippen LogP contribution in [0.1, 0.15) is 0 Å². The number of carbonyl (C=O) groups is 2. The van der Waals surface area contributed by atoms with Gasteiger partial charge in [-0.15, -0.1) is 0 Å². The van der Waals surface area contributed by atoms with Gasteiger partial charge in [0.15, 0.2) is 0 Å². The summed E-state index contributed by atoms with van der Waals surface area (Å²) < 4.78 is 0. The van der Waals surface area contributed by atoms with E-state index < -0.39 is 16.7 Å². The normalized spacial score (nSPS) is 9.53. The van der Waals surface area contributed by atoms with Crippen molar-refractivity contribution in [3.05, 3.63) is 33.3 Å². The summed E-state index contributed by atoms with van der Waals surface area (Å²) in [4.78, 5) is 32.0. The minimum absolute atomic E-state index is 0.00877. The molecule has 7 nitrogen and oxygen atoms in total. The van der Waals surface area contributed by atoms with E-state index in [-0.39, 0.29) is 16.4 Å². The maximum Gasteiger partial charge on any atom is 0.313 e. The molecule has 90 valence electrons. The highest BCUT2D eigenvalue weighted by Crippen LogP contribution is 2.26. The van der Waals surface area contributed by atoms with Crippen molar-refractivity contribution in [2.45, 2.75) is 0 Å². The standard InChI is InChI=1S/C9H8ClN3O4/c1-11-8(14)9(15)12-7-4-5(13(16)17)2-3-6(7)10/h2-4H,1H3,(H,11,14)(H,12,15). The molecule has 0 heterocycles. The Balaban J connectivity index is 2.98. The Morgan fingerprint density at radius 3 is 2.53 bits per heavy atom. The average Bonchev–Trinajstić information content (AvgIpc) is 2.30. The molecule has 0 aromatic heterocycles. The molecule has 0 saturated carbocycles. The largest absolute Gasteiger partial charge is 0.351 e. The molecule has 1 aromatic rings. The van der Waals surface area contributed by atoms with E-state index in [1.165, 1.54) is 19.2 Å². The molecular formula is C9H8ClN3O4. The highest BCUT2D eigenvalue weighted by molar-refractivity contribution is 6.41. The molecule has 17 heavy (non-hydrogen) atoms. The smallest absolute Gasteiger partial charge is 0.313 e. The molecule has 1 aromatic carbocycles. The number of likely N-dealkylation sites (N-methyl/N-ethyl adjacent to an activating group) is 1. The van der Waals surface area contributed by atoms with E-state index in [0.717, 1.165) is 6.07 Å². The average molecular weight is 258 g/mol. The number of non-ortho nitro benzene ring substituents is 1. The summed E-state index contributed by atoms with van der Waals surface area (Å²) >= 11 is 5.72. The van der Waals surface area contributed by atoms with Crippen LogP contribution in [-0.4, -0.2) is 23.8 Å². The molecule has 0 bridgehead atoms. The van der Waals surface area contributed by atoms with Crippen molar-refractivity contribution in [2.75, 3.05) is 12.4 Å². The predicted octanol–water partition coefficient (Wildman–Crippen LogP) is 0.933. The van der Waals surface area contributed by atoms with Gasteiger partial charge in [0.05, 0.1) is 15.6 Å². The third-order valence-corrected chi connectivity index (χ3v) is 2.17. The first kappa shape index (κ1) is 12.9. The van der Waals surface area contributed by atoms with Crippen molar-refractivity contribution in [1.82, 2.24) is 5.32 Å². The molecule has 2 N–H and O–H groups in total. The maximum absolute atomic E-state index is 11.2. The van der Waals surface area contributed by atoms with Gasteiger partial charge in [-0.1, -0.05) is 11.6 Å². The summed E-state index contributed by atoms with van der Waals surface area (Å²) in [6, 6.07) is 3.53. The number of hydrogen-bond donors (Lipinski definition) is 2. The molecule has 0 atom stereocenters. The molecule has 0 aliphatic heterocycles. The van der Waals surface area contributed by atoms with Gasteiger partial charge in [-0.3, -0.25) is 19.7 Å². The molecule has 0 spiro atoms. The van der Waals surface area contributed by atoms with Crippen molar-refractivity contribution in [1.29, 1.82) is 0 Å². The van der Waals surface area contributed by atoms with E-state index in [9.17, 15) is 19.7 Å². The summed E-state index contributed by atoms with van der Waals surface area (Å²) in [5.41, 5.74) is -0.226. The number of nitrogens with zero attached hydrogens (tertiary/aromatic N) is 1. The molecule has 8 heteroatoms. The van der Waals surface area contributed by atoms with Gasteiger partial charge in [0.25, 0.3) is 5.69 Å². The zero-order chi connectivity index (χ0) is 13.0. The highest BCUT2D eigenvalue weighted by atomic mass is 35.5. The summed E-state index contributed by atoms with van der Waals surface area (Å²) in [5.74, 6) is -1.82. The topological polar surface area (TPSA) is 101 Å². The number of rotatable bonds is 2. The van der Waals surface area contributed by atoms with Crippen molar-refractivity contribution in [3.8, 4) is 0 Å². The number of nitro groups is 1. The number of benzene rings is 1. The molecule has 0 saturated heterocycles. The second-order valence-corrected chi connectivity index (χ2v) is 3.36. The fraction of sp³-hybridized carbons (Fsp3) is 0.111. The van der Waals surface area contributed by atoms with Crippen LogP contribution in [0.5, 0.6) is 0 Å². The number of nitrogens with one attached hydrogen (secondary N) is 2. The van der Waals surface area contributed by atoms with Gasteiger partial charge in [-0.2, -0.15) is 0 Å². The van der Waals surface area contributed by atoms with Crippen LogP contribution < -0.4 is 10.6 Å². The number of amides is 2. The van der Waals surface area contributed by atoms with E-state index in [2.05, 4.69) is 10.6 Å². The van der Waals surface area contributed by atoms with Gasteiger partial charge in [-0.05, 0) is 6.07 Å². The summed E-state index contributed by atoms with van der Waals surface area (Å²) in [5, 5.41) is 14.9. The monoisotopic (exact) mass is 257 g/mol. The second kappa shape index (κ2) is 5.26. The minimum Gasteiger partial charge on any atom is -0.351 e. The van der Waals surface area contributed by atoms with Crippen molar-refractivity contribution >= 4 is 34.8 Å². The van der Waals surface area contributed by atoms with Gasteiger partial charge in [0.2, 0.25) is 0 Å². The molecule has 0 radical (unpaired) electrons. The molecule has 0 fully saturated rings. The fourth-order valence-corrected chi connectivity index (χ4v) is 1.18. The van der Waals surface area contributed by atoms with Crippen LogP contribution in [0.3, 0.4) is 0 Å². The Labute approximate surface area is 101 Å². The summed E-state index contributed by atoms with van der Waals surface area (Å²) in [6.45, 7) is 0. The van der Waals surface area contributed by atoms with Crippen molar-refractivity contribution in [3.63, 3.8) is 0 Å². The second-order valence-electron chi connectivity index (χ2n) is 2.95. The fourth-order valence-electron chi connectivity index (χ4n) is 1.02. The quantitative estimate of drug-likeness (QED) is 0.467. The Morgan fingerprint density at radius 2 is 2.00 bits per heavy atom. The van der Waals surface area contributed by atoms with Crippen LogP contribution >= 0.6 is 11.6 Å².